The van der Waals surface area contributed by atoms with Gasteiger partial charge in [-0.05, 0) is 62.3 Å². The lowest BCUT2D eigenvalue weighted by Gasteiger charge is -2.33. The normalized spacial score (nSPS) is 19.4. The summed E-state index contributed by atoms with van der Waals surface area (Å²) in [5.74, 6) is 0.732. The molecule has 8 heteroatoms. The molecule has 3 heterocycles. The quantitative estimate of drug-likeness (QED) is 0.130. The minimum Gasteiger partial charge on any atom is -0.498 e. The minimum absolute atomic E-state index is 0.0522. The number of rotatable bonds is 12. The number of carboxylic acid groups (broad SMARTS) is 1. The Balaban J connectivity index is 0.00000287. The fourth-order valence-corrected chi connectivity index (χ4v) is 4.57. The van der Waals surface area contributed by atoms with Gasteiger partial charge < -0.3 is 24.8 Å². The van der Waals surface area contributed by atoms with Crippen LogP contribution in [0.2, 0.25) is 0 Å². The van der Waals surface area contributed by atoms with Gasteiger partial charge in [-0.2, -0.15) is 0 Å². The third-order valence-corrected chi connectivity index (χ3v) is 6.88. The summed E-state index contributed by atoms with van der Waals surface area (Å²) in [6, 6.07) is 3.84. The molecule has 2 fully saturated rings. The first-order valence-corrected chi connectivity index (χ1v) is 14.2. The van der Waals surface area contributed by atoms with Crippen LogP contribution in [0.1, 0.15) is 46.0 Å². The lowest BCUT2D eigenvalue weighted by molar-refractivity contribution is -0.132. The second kappa shape index (κ2) is 18.4. The molecule has 3 rings (SSSR count). The van der Waals surface area contributed by atoms with Crippen LogP contribution in [0, 0.1) is 11.8 Å². The van der Waals surface area contributed by atoms with Gasteiger partial charge in [0.15, 0.2) is 0 Å². The molecule has 2 aliphatic heterocycles. The lowest BCUT2D eigenvalue weighted by Crippen LogP contribution is -2.35. The minimum atomic E-state index is -0.966. The second-order valence-corrected chi connectivity index (χ2v) is 9.86. The first-order valence-electron chi connectivity index (χ1n) is 14.2. The molecule has 1 atom stereocenters. The fourth-order valence-electron chi connectivity index (χ4n) is 4.57. The molecule has 0 aliphatic carbocycles. The van der Waals surface area contributed by atoms with Crippen LogP contribution in [-0.4, -0.2) is 54.9 Å². The van der Waals surface area contributed by atoms with E-state index in [2.05, 4.69) is 34.9 Å². The molecular weight excluding hydrogens is 518 g/mol. The number of amides is 1. The molecule has 1 unspecified atom stereocenters. The van der Waals surface area contributed by atoms with Gasteiger partial charge in [-0.25, -0.2) is 9.78 Å². The average Bonchev–Trinajstić information content (AvgIpc) is 3.01. The molecule has 0 radical (unpaired) electrons. The monoisotopic (exact) mass is 563 g/mol. The Kier molecular flexibility index (Phi) is 15.0. The summed E-state index contributed by atoms with van der Waals surface area (Å²) in [7, 11) is 0. The highest BCUT2D eigenvalue weighted by Crippen LogP contribution is 2.25. The van der Waals surface area contributed by atoms with Gasteiger partial charge in [0.2, 0.25) is 5.91 Å². The van der Waals surface area contributed by atoms with Crippen molar-refractivity contribution in [2.45, 2.75) is 46.0 Å². The first kappa shape index (κ1) is 33.3. The molecule has 222 valence electrons. The number of anilines is 2. The van der Waals surface area contributed by atoms with Crippen LogP contribution in [0.4, 0.5) is 11.5 Å². The number of carbonyl (C=O) groups excluding carboxylic acids is 1. The van der Waals surface area contributed by atoms with E-state index in [4.69, 9.17) is 9.47 Å². The molecular formula is C33H45N3O5. The summed E-state index contributed by atoms with van der Waals surface area (Å²) in [6.07, 6.45) is 16.3. The van der Waals surface area contributed by atoms with E-state index in [1.165, 1.54) is 0 Å². The zero-order valence-corrected chi connectivity index (χ0v) is 24.5. The Hall–Kier alpha value is -3.91. The Morgan fingerprint density at radius 3 is 2.63 bits per heavy atom. The molecule has 0 aromatic carbocycles. The fraction of sp³-hybridized carbons (Fsp3) is 0.424. The summed E-state index contributed by atoms with van der Waals surface area (Å²) in [5, 5.41) is 12.4. The van der Waals surface area contributed by atoms with Crippen molar-refractivity contribution in [3.8, 4) is 0 Å². The average molecular weight is 564 g/mol. The standard InChI is InChI=1S/C31H41N3O5.C2H4/c1-4-7-9-24-17-26(22-38-20-24)30(35)33-27-11-12-29(32-19-27)34-15-13-23(14-16-34)21-39-28(6-3)18-25(31(36)37)10-8-5-2;1-2/h4-5,7,9-12,18-19,23,26H,2,6,8,13-17,20-22H2,1,3H3,(H,33,35)(H,36,37);1-2H2/b7-4-,24-9-,25-10+,28-18+;. The van der Waals surface area contributed by atoms with E-state index in [-0.39, 0.29) is 17.4 Å². The summed E-state index contributed by atoms with van der Waals surface area (Å²) in [4.78, 5) is 31.1. The molecule has 2 N–H and O–H groups in total. The number of aliphatic carboxylic acids is 1. The van der Waals surface area contributed by atoms with Gasteiger partial charge in [-0.1, -0.05) is 37.3 Å². The highest BCUT2D eigenvalue weighted by atomic mass is 16.5. The molecule has 2 saturated heterocycles. The number of nitrogens with one attached hydrogen (secondary N) is 1. The van der Waals surface area contributed by atoms with Gasteiger partial charge in [-0.3, -0.25) is 4.79 Å². The maximum Gasteiger partial charge on any atom is 0.335 e. The smallest absolute Gasteiger partial charge is 0.335 e. The van der Waals surface area contributed by atoms with Crippen LogP contribution in [0.15, 0.2) is 91.4 Å². The van der Waals surface area contributed by atoms with Gasteiger partial charge in [0.25, 0.3) is 0 Å². The summed E-state index contributed by atoms with van der Waals surface area (Å²) >= 11 is 0. The van der Waals surface area contributed by atoms with Crippen LogP contribution >= 0.6 is 0 Å². The molecule has 1 aromatic heterocycles. The van der Waals surface area contributed by atoms with Gasteiger partial charge >= 0.3 is 5.97 Å². The zero-order chi connectivity index (χ0) is 30.0. The number of hydrogen-bond acceptors (Lipinski definition) is 6. The molecule has 0 spiro atoms. The van der Waals surface area contributed by atoms with Crippen LogP contribution in [-0.2, 0) is 19.1 Å². The molecule has 0 saturated carbocycles. The van der Waals surface area contributed by atoms with E-state index < -0.39 is 5.97 Å². The van der Waals surface area contributed by atoms with E-state index in [9.17, 15) is 14.7 Å². The number of nitrogens with zero attached hydrogens (tertiary/aromatic N) is 2. The number of piperidine rings is 1. The number of aromatic nitrogens is 1. The number of carboxylic acids is 1. The predicted octanol–water partition coefficient (Wildman–Crippen LogP) is 6.48. The molecule has 1 aromatic rings. The van der Waals surface area contributed by atoms with E-state index in [0.717, 1.165) is 37.3 Å². The van der Waals surface area contributed by atoms with Crippen molar-refractivity contribution in [3.05, 3.63) is 91.4 Å². The Morgan fingerprint density at radius 1 is 1.27 bits per heavy atom. The van der Waals surface area contributed by atoms with Crippen LogP contribution in [0.25, 0.3) is 0 Å². The number of carbonyl (C=O) groups is 2. The number of hydrogen-bond donors (Lipinski definition) is 2. The van der Waals surface area contributed by atoms with Gasteiger partial charge in [0.1, 0.15) is 5.82 Å². The highest BCUT2D eigenvalue weighted by molar-refractivity contribution is 5.93. The maximum absolute atomic E-state index is 12.8. The van der Waals surface area contributed by atoms with Crippen molar-refractivity contribution < 1.29 is 24.2 Å². The summed E-state index contributed by atoms with van der Waals surface area (Å²) in [6.45, 7) is 16.8. The lowest BCUT2D eigenvalue weighted by atomic mass is 9.96. The van der Waals surface area contributed by atoms with E-state index >= 15 is 0 Å². The van der Waals surface area contributed by atoms with E-state index in [0.29, 0.717) is 56.4 Å². The SMILES string of the molecule is C=C.C=CC/C=C(\C=C(/CC)OCC1CCN(c2ccc(NC(=O)C3COC/C(=C\C=C/C)C3)cn2)CC1)C(=O)O. The molecule has 8 nitrogen and oxygen atoms in total. The molecule has 1 amide bonds. The maximum atomic E-state index is 12.8. The largest absolute Gasteiger partial charge is 0.498 e. The van der Waals surface area contributed by atoms with Crippen molar-refractivity contribution in [2.24, 2.45) is 11.8 Å². The number of pyridine rings is 1. The third kappa shape index (κ3) is 11.2. The van der Waals surface area contributed by atoms with Crippen LogP contribution in [0.3, 0.4) is 0 Å². The van der Waals surface area contributed by atoms with E-state index in [1.54, 1.807) is 24.4 Å². The van der Waals surface area contributed by atoms with Crippen molar-refractivity contribution in [3.63, 3.8) is 0 Å². The van der Waals surface area contributed by atoms with Crippen molar-refractivity contribution >= 4 is 23.4 Å². The first-order chi connectivity index (χ1) is 19.9. The molecule has 41 heavy (non-hydrogen) atoms. The zero-order valence-electron chi connectivity index (χ0n) is 24.5. The number of allylic oxidation sites excluding steroid dienone is 6. The highest BCUT2D eigenvalue weighted by Gasteiger charge is 2.25. The van der Waals surface area contributed by atoms with Gasteiger partial charge in [0, 0.05) is 19.5 Å². The van der Waals surface area contributed by atoms with Crippen molar-refractivity contribution in [2.75, 3.05) is 43.1 Å². The van der Waals surface area contributed by atoms with E-state index in [1.807, 2.05) is 44.2 Å². The molecule has 0 bridgehead atoms. The topological polar surface area (TPSA) is 101 Å². The Bertz CT molecular complexity index is 1110. The third-order valence-electron chi connectivity index (χ3n) is 6.88. The summed E-state index contributed by atoms with van der Waals surface area (Å²) in [5.41, 5.74) is 2.03. The summed E-state index contributed by atoms with van der Waals surface area (Å²) < 4.78 is 11.6. The second-order valence-electron chi connectivity index (χ2n) is 9.86. The molecule has 2 aliphatic rings. The van der Waals surface area contributed by atoms with Crippen LogP contribution < -0.4 is 10.2 Å². The van der Waals surface area contributed by atoms with Crippen LogP contribution in [0.5, 0.6) is 0 Å². The van der Waals surface area contributed by atoms with Gasteiger partial charge in [0.05, 0.1) is 49.0 Å². The van der Waals surface area contributed by atoms with Crippen molar-refractivity contribution in [1.82, 2.24) is 4.98 Å². The van der Waals surface area contributed by atoms with Gasteiger partial charge in [-0.15, -0.1) is 19.7 Å². The number of ether oxygens (including phenoxy) is 2. The predicted molar refractivity (Wildman–Crippen MR) is 166 cm³/mol. The Morgan fingerprint density at radius 2 is 2.02 bits per heavy atom. The Labute approximate surface area is 244 Å². The van der Waals surface area contributed by atoms with Crippen molar-refractivity contribution in [1.29, 1.82) is 0 Å².